The highest BCUT2D eigenvalue weighted by atomic mass is 79.9. The molecule has 0 fully saturated rings. The van der Waals surface area contributed by atoms with Crippen molar-refractivity contribution in [2.75, 3.05) is 5.33 Å². The van der Waals surface area contributed by atoms with Crippen molar-refractivity contribution >= 4 is 21.6 Å². The summed E-state index contributed by atoms with van der Waals surface area (Å²) in [6.45, 7) is 2.17. The minimum atomic E-state index is 0.0422. The fraction of sp³-hybridized carbons (Fsp3) is 0.200. The van der Waals surface area contributed by atoms with Crippen LogP contribution in [0, 0.1) is 5.41 Å². The van der Waals surface area contributed by atoms with Gasteiger partial charge in [0.05, 0.1) is 11.4 Å². The van der Waals surface area contributed by atoms with E-state index in [1.807, 2.05) is 48.6 Å². The standard InChI is InChI=1S/C15H15BrN2/c1-15(12-16)10-5-8-14(9-11-15)18-17-13-6-3-2-4-7-13/h2-11H,12H2,1H3. The molecule has 0 bridgehead atoms. The first-order chi connectivity index (χ1) is 8.72. The largest absolute Gasteiger partial charge is 0.151 e. The molecule has 1 atom stereocenters. The van der Waals surface area contributed by atoms with E-state index in [0.717, 1.165) is 16.7 Å². The van der Waals surface area contributed by atoms with E-state index in [1.165, 1.54) is 0 Å². The van der Waals surface area contributed by atoms with Gasteiger partial charge in [-0.2, -0.15) is 10.2 Å². The van der Waals surface area contributed by atoms with Gasteiger partial charge in [-0.1, -0.05) is 59.3 Å². The van der Waals surface area contributed by atoms with Crippen LogP contribution >= 0.6 is 15.9 Å². The monoisotopic (exact) mass is 302 g/mol. The van der Waals surface area contributed by atoms with E-state index in [1.54, 1.807) is 0 Å². The molecular weight excluding hydrogens is 288 g/mol. The second-order valence-electron chi connectivity index (χ2n) is 4.46. The molecule has 3 heteroatoms. The third-order valence-corrected chi connectivity index (χ3v) is 3.91. The molecule has 2 rings (SSSR count). The lowest BCUT2D eigenvalue weighted by molar-refractivity contribution is 0.645. The predicted molar refractivity (Wildman–Crippen MR) is 79.2 cm³/mol. The predicted octanol–water partition coefficient (Wildman–Crippen LogP) is 5.18. The SMILES string of the molecule is CC1(CBr)C=CC=C(N=Nc2ccccc2)C=C1. The zero-order chi connectivity index (χ0) is 12.8. The van der Waals surface area contributed by atoms with Crippen LogP contribution in [0.4, 0.5) is 5.69 Å². The van der Waals surface area contributed by atoms with Gasteiger partial charge >= 0.3 is 0 Å². The Morgan fingerprint density at radius 1 is 1.11 bits per heavy atom. The second-order valence-corrected chi connectivity index (χ2v) is 5.02. The summed E-state index contributed by atoms with van der Waals surface area (Å²) in [4.78, 5) is 0. The Bertz CT molecular complexity index is 515. The summed E-state index contributed by atoms with van der Waals surface area (Å²) in [5, 5.41) is 9.34. The molecule has 2 nitrogen and oxygen atoms in total. The first-order valence-corrected chi connectivity index (χ1v) is 6.95. The van der Waals surface area contributed by atoms with Gasteiger partial charge in [-0.25, -0.2) is 0 Å². The van der Waals surface area contributed by atoms with Crippen molar-refractivity contribution in [1.82, 2.24) is 0 Å². The number of alkyl halides is 1. The fourth-order valence-corrected chi connectivity index (χ4v) is 1.89. The first-order valence-electron chi connectivity index (χ1n) is 5.83. The smallest absolute Gasteiger partial charge is 0.0857 e. The average molecular weight is 303 g/mol. The molecule has 1 aromatic carbocycles. The Kier molecular flexibility index (Phi) is 4.26. The van der Waals surface area contributed by atoms with Crippen molar-refractivity contribution in [3.05, 3.63) is 66.4 Å². The van der Waals surface area contributed by atoms with Gasteiger partial charge in [-0.3, -0.25) is 0 Å². The quantitative estimate of drug-likeness (QED) is 0.543. The van der Waals surface area contributed by atoms with Gasteiger partial charge in [0.15, 0.2) is 0 Å². The summed E-state index contributed by atoms with van der Waals surface area (Å²) in [7, 11) is 0. The molecule has 18 heavy (non-hydrogen) atoms. The third-order valence-electron chi connectivity index (χ3n) is 2.70. The van der Waals surface area contributed by atoms with E-state index >= 15 is 0 Å². The van der Waals surface area contributed by atoms with E-state index in [4.69, 9.17) is 0 Å². The Labute approximate surface area is 116 Å². The van der Waals surface area contributed by atoms with Crippen molar-refractivity contribution in [2.45, 2.75) is 6.92 Å². The van der Waals surface area contributed by atoms with Crippen molar-refractivity contribution in [3.63, 3.8) is 0 Å². The molecule has 0 spiro atoms. The van der Waals surface area contributed by atoms with Crippen LogP contribution in [-0.2, 0) is 0 Å². The summed E-state index contributed by atoms with van der Waals surface area (Å²) in [6.07, 6.45) is 10.3. The molecule has 1 aliphatic rings. The number of nitrogens with zero attached hydrogens (tertiary/aromatic N) is 2. The zero-order valence-electron chi connectivity index (χ0n) is 10.3. The summed E-state index contributed by atoms with van der Waals surface area (Å²) < 4.78 is 0. The van der Waals surface area contributed by atoms with Crippen molar-refractivity contribution in [2.24, 2.45) is 15.6 Å². The third kappa shape index (κ3) is 3.50. The summed E-state index contributed by atoms with van der Waals surface area (Å²) in [5.41, 5.74) is 1.77. The molecule has 0 N–H and O–H groups in total. The van der Waals surface area contributed by atoms with Crippen molar-refractivity contribution in [3.8, 4) is 0 Å². The summed E-state index contributed by atoms with van der Waals surface area (Å²) in [6, 6.07) is 9.74. The molecular formula is C15H15BrN2. The minimum absolute atomic E-state index is 0.0422. The van der Waals surface area contributed by atoms with E-state index in [0.29, 0.717) is 0 Å². The normalized spacial score (nSPS) is 23.1. The van der Waals surface area contributed by atoms with Crippen LogP contribution in [0.1, 0.15) is 6.92 Å². The Balaban J connectivity index is 2.13. The number of hydrogen-bond donors (Lipinski definition) is 0. The van der Waals surface area contributed by atoms with Gasteiger partial charge in [0, 0.05) is 10.7 Å². The van der Waals surface area contributed by atoms with Crippen LogP contribution in [0.25, 0.3) is 0 Å². The topological polar surface area (TPSA) is 24.7 Å². The summed E-state index contributed by atoms with van der Waals surface area (Å²) >= 11 is 3.52. The molecule has 0 heterocycles. The molecule has 0 amide bonds. The highest BCUT2D eigenvalue weighted by Crippen LogP contribution is 2.26. The van der Waals surface area contributed by atoms with Crippen LogP contribution in [-0.4, -0.2) is 5.33 Å². The van der Waals surface area contributed by atoms with Gasteiger partial charge in [0.2, 0.25) is 0 Å². The lowest BCUT2D eigenvalue weighted by Gasteiger charge is -2.16. The fourth-order valence-electron chi connectivity index (χ4n) is 1.52. The molecule has 0 saturated carbocycles. The number of allylic oxidation sites excluding steroid dienone is 5. The number of halogens is 1. The van der Waals surface area contributed by atoms with Gasteiger partial charge in [-0.15, -0.1) is 0 Å². The molecule has 1 aromatic rings. The maximum Gasteiger partial charge on any atom is 0.0857 e. The van der Waals surface area contributed by atoms with Crippen LogP contribution in [0.2, 0.25) is 0 Å². The Morgan fingerprint density at radius 3 is 2.61 bits per heavy atom. The van der Waals surface area contributed by atoms with Crippen LogP contribution < -0.4 is 0 Å². The first kappa shape index (κ1) is 13.0. The van der Waals surface area contributed by atoms with Gasteiger partial charge in [0.1, 0.15) is 0 Å². The average Bonchev–Trinajstić information content (AvgIpc) is 2.60. The Morgan fingerprint density at radius 2 is 1.89 bits per heavy atom. The second kappa shape index (κ2) is 5.91. The van der Waals surface area contributed by atoms with Crippen LogP contribution in [0.5, 0.6) is 0 Å². The molecule has 92 valence electrons. The molecule has 0 aromatic heterocycles. The Hall–Kier alpha value is -1.48. The number of hydrogen-bond acceptors (Lipinski definition) is 2. The van der Waals surface area contributed by atoms with Crippen molar-refractivity contribution < 1.29 is 0 Å². The highest BCUT2D eigenvalue weighted by molar-refractivity contribution is 9.09. The zero-order valence-corrected chi connectivity index (χ0v) is 11.8. The lowest BCUT2D eigenvalue weighted by atomic mass is 9.93. The molecule has 0 radical (unpaired) electrons. The molecule has 0 saturated heterocycles. The number of benzene rings is 1. The van der Waals surface area contributed by atoms with E-state index in [2.05, 4.69) is 45.2 Å². The van der Waals surface area contributed by atoms with Gasteiger partial charge in [0.25, 0.3) is 0 Å². The maximum absolute atomic E-state index is 4.25. The number of azo groups is 1. The maximum atomic E-state index is 4.25. The molecule has 1 aliphatic carbocycles. The van der Waals surface area contributed by atoms with Crippen molar-refractivity contribution in [1.29, 1.82) is 0 Å². The van der Waals surface area contributed by atoms with E-state index in [9.17, 15) is 0 Å². The minimum Gasteiger partial charge on any atom is -0.151 e. The molecule has 1 unspecified atom stereocenters. The van der Waals surface area contributed by atoms with Gasteiger partial charge < -0.3 is 0 Å². The summed E-state index contributed by atoms with van der Waals surface area (Å²) in [5.74, 6) is 0. The highest BCUT2D eigenvalue weighted by Gasteiger charge is 2.16. The van der Waals surface area contributed by atoms with E-state index < -0.39 is 0 Å². The van der Waals surface area contributed by atoms with E-state index in [-0.39, 0.29) is 5.41 Å². The van der Waals surface area contributed by atoms with Crippen LogP contribution in [0.15, 0.2) is 76.6 Å². The van der Waals surface area contributed by atoms with Gasteiger partial charge in [-0.05, 0) is 24.3 Å². The lowest BCUT2D eigenvalue weighted by Crippen LogP contribution is -2.10. The molecule has 0 aliphatic heterocycles. The number of rotatable bonds is 3. The van der Waals surface area contributed by atoms with Crippen LogP contribution in [0.3, 0.4) is 0 Å².